The minimum absolute atomic E-state index is 0.0408. The number of rotatable bonds is 4. The topological polar surface area (TPSA) is 91.0 Å². The van der Waals surface area contributed by atoms with Gasteiger partial charge in [-0.05, 0) is 49.1 Å². The van der Waals surface area contributed by atoms with E-state index in [-0.39, 0.29) is 11.5 Å². The van der Waals surface area contributed by atoms with E-state index < -0.39 is 0 Å². The fourth-order valence-corrected chi connectivity index (χ4v) is 3.75. The number of amides is 1. The Balaban J connectivity index is 1.46. The van der Waals surface area contributed by atoms with Crippen LogP contribution in [0.2, 0.25) is 0 Å². The molecule has 1 amide bonds. The van der Waals surface area contributed by atoms with Gasteiger partial charge in [-0.25, -0.2) is 4.98 Å². The first kappa shape index (κ1) is 19.8. The zero-order valence-corrected chi connectivity index (χ0v) is 17.2. The van der Waals surface area contributed by atoms with Gasteiger partial charge >= 0.3 is 0 Å². The number of hydrogen-bond acceptors (Lipinski definition) is 5. The van der Waals surface area contributed by atoms with Gasteiger partial charge in [0, 0.05) is 31.9 Å². The van der Waals surface area contributed by atoms with Gasteiger partial charge in [0.2, 0.25) is 0 Å². The van der Waals surface area contributed by atoms with Gasteiger partial charge in [0.1, 0.15) is 5.69 Å². The lowest BCUT2D eigenvalue weighted by molar-refractivity contribution is 0.0958. The van der Waals surface area contributed by atoms with E-state index in [2.05, 4.69) is 31.2 Å². The van der Waals surface area contributed by atoms with Crippen molar-refractivity contribution < 1.29 is 4.79 Å². The minimum atomic E-state index is -0.179. The van der Waals surface area contributed by atoms with Crippen molar-refractivity contribution >= 4 is 28.7 Å². The molecule has 7 nitrogen and oxygen atoms in total. The van der Waals surface area contributed by atoms with Crippen molar-refractivity contribution in [1.29, 1.82) is 0 Å². The summed E-state index contributed by atoms with van der Waals surface area (Å²) in [5.41, 5.74) is 6.11. The van der Waals surface area contributed by atoms with Crippen molar-refractivity contribution in [2.45, 2.75) is 26.2 Å². The van der Waals surface area contributed by atoms with E-state index in [1.165, 1.54) is 5.57 Å². The predicted octanol–water partition coefficient (Wildman–Crippen LogP) is 2.92. The summed E-state index contributed by atoms with van der Waals surface area (Å²) in [6.07, 6.45) is 8.37. The molecule has 0 aliphatic carbocycles. The third-order valence-corrected chi connectivity index (χ3v) is 5.52. The summed E-state index contributed by atoms with van der Waals surface area (Å²) in [6, 6.07) is 7.56. The highest BCUT2D eigenvalue weighted by atomic mass is 16.1. The average molecular weight is 403 g/mol. The largest absolute Gasteiger partial charge is 0.370 e. The molecule has 0 aromatic carbocycles. The number of carbonyl (C=O) groups excluding carboxylic acids is 1. The monoisotopic (exact) mass is 403 g/mol. The Labute approximate surface area is 174 Å². The van der Waals surface area contributed by atoms with Crippen molar-refractivity contribution in [2.75, 3.05) is 25.0 Å². The molecule has 0 radical (unpaired) electrons. The fourth-order valence-electron chi connectivity index (χ4n) is 3.75. The number of aromatic amines is 1. The zero-order valence-electron chi connectivity index (χ0n) is 17.2. The molecule has 1 aliphatic heterocycles. The molecule has 3 aromatic rings. The van der Waals surface area contributed by atoms with Crippen LogP contribution in [0.5, 0.6) is 0 Å². The second-order valence-corrected chi connectivity index (χ2v) is 7.45. The van der Waals surface area contributed by atoms with Crippen LogP contribution in [-0.4, -0.2) is 41.0 Å². The average Bonchev–Trinajstić information content (AvgIpc) is 2.78. The highest BCUT2D eigenvalue weighted by molar-refractivity contribution is 5.92. The van der Waals surface area contributed by atoms with E-state index >= 15 is 0 Å². The molecule has 4 heterocycles. The van der Waals surface area contributed by atoms with Crippen LogP contribution in [0.25, 0.3) is 17.1 Å². The molecule has 0 bridgehead atoms. The maximum atomic E-state index is 12.1. The van der Waals surface area contributed by atoms with Crippen molar-refractivity contribution in [3.8, 4) is 0 Å². The SMILES string of the molecule is CCc1cc2ncc(C=C3CCN(c4ccc(C(=O)NC)nc4)CC3)cc2[nH]c1=O. The van der Waals surface area contributed by atoms with Gasteiger partial charge in [0.05, 0.1) is 22.9 Å². The molecule has 0 saturated carbocycles. The highest BCUT2D eigenvalue weighted by Gasteiger charge is 2.15. The van der Waals surface area contributed by atoms with E-state index in [9.17, 15) is 9.59 Å². The molecule has 0 unspecified atom stereocenters. The maximum Gasteiger partial charge on any atom is 0.269 e. The van der Waals surface area contributed by atoms with Crippen molar-refractivity contribution in [3.63, 3.8) is 0 Å². The van der Waals surface area contributed by atoms with Gasteiger partial charge in [0.25, 0.3) is 11.5 Å². The molecular formula is C23H25N5O2. The van der Waals surface area contributed by atoms with Crippen molar-refractivity contribution in [1.82, 2.24) is 20.3 Å². The lowest BCUT2D eigenvalue weighted by atomic mass is 10.0. The summed E-state index contributed by atoms with van der Waals surface area (Å²) in [7, 11) is 1.60. The molecule has 1 saturated heterocycles. The van der Waals surface area contributed by atoms with Crippen molar-refractivity contribution in [2.24, 2.45) is 0 Å². The number of nitrogens with zero attached hydrogens (tertiary/aromatic N) is 3. The number of aryl methyl sites for hydroxylation is 1. The number of H-pyrrole nitrogens is 1. The number of fused-ring (bicyclic) bond motifs is 1. The van der Waals surface area contributed by atoms with Gasteiger partial charge < -0.3 is 15.2 Å². The normalized spacial score (nSPS) is 14.1. The van der Waals surface area contributed by atoms with Gasteiger partial charge in [-0.1, -0.05) is 18.6 Å². The van der Waals surface area contributed by atoms with Crippen LogP contribution < -0.4 is 15.8 Å². The summed E-state index contributed by atoms with van der Waals surface area (Å²) in [4.78, 5) is 37.7. The number of piperidine rings is 1. The molecule has 0 spiro atoms. The molecule has 1 aliphatic rings. The summed E-state index contributed by atoms with van der Waals surface area (Å²) in [5, 5.41) is 2.58. The van der Waals surface area contributed by atoms with Crippen LogP contribution in [0.1, 0.15) is 41.4 Å². The Morgan fingerprint density at radius 1 is 1.20 bits per heavy atom. The molecular weight excluding hydrogens is 378 g/mol. The molecule has 7 heteroatoms. The number of hydrogen-bond donors (Lipinski definition) is 2. The Kier molecular flexibility index (Phi) is 5.61. The van der Waals surface area contributed by atoms with Gasteiger partial charge in [-0.3, -0.25) is 14.6 Å². The predicted molar refractivity (Wildman–Crippen MR) is 119 cm³/mol. The van der Waals surface area contributed by atoms with Gasteiger partial charge in [0.15, 0.2) is 0 Å². The van der Waals surface area contributed by atoms with Crippen LogP contribution in [0.15, 0.2) is 47.0 Å². The summed E-state index contributed by atoms with van der Waals surface area (Å²) >= 11 is 0. The van der Waals surface area contributed by atoms with Crippen LogP contribution in [0.4, 0.5) is 5.69 Å². The van der Waals surface area contributed by atoms with Gasteiger partial charge in [-0.2, -0.15) is 0 Å². The first-order valence-electron chi connectivity index (χ1n) is 10.2. The Hall–Kier alpha value is -3.48. The summed E-state index contributed by atoms with van der Waals surface area (Å²) in [5.74, 6) is -0.179. The maximum absolute atomic E-state index is 12.1. The van der Waals surface area contributed by atoms with E-state index in [1.54, 1.807) is 19.3 Å². The minimum Gasteiger partial charge on any atom is -0.370 e. The number of aromatic nitrogens is 3. The molecule has 30 heavy (non-hydrogen) atoms. The Bertz CT molecular complexity index is 1150. The molecule has 0 atom stereocenters. The number of nitrogens with one attached hydrogen (secondary N) is 2. The summed E-state index contributed by atoms with van der Waals surface area (Å²) in [6.45, 7) is 3.75. The number of carbonyl (C=O) groups is 1. The highest BCUT2D eigenvalue weighted by Crippen LogP contribution is 2.24. The molecule has 2 N–H and O–H groups in total. The molecule has 1 fully saturated rings. The van der Waals surface area contributed by atoms with Crippen LogP contribution >= 0.6 is 0 Å². The third-order valence-electron chi connectivity index (χ3n) is 5.52. The Morgan fingerprint density at radius 3 is 2.67 bits per heavy atom. The Morgan fingerprint density at radius 2 is 2.00 bits per heavy atom. The fraction of sp³-hybridized carbons (Fsp3) is 0.304. The molecule has 154 valence electrons. The van der Waals surface area contributed by atoms with E-state index in [0.717, 1.165) is 53.8 Å². The first-order chi connectivity index (χ1) is 14.6. The second kappa shape index (κ2) is 8.49. The standard InChI is InChI=1S/C23H25N5O2/c1-3-17-12-20-21(27-22(17)29)11-16(13-25-20)10-15-6-8-28(9-7-15)18-4-5-19(26-14-18)23(30)24-2/h4-5,10-14H,3,6-9H2,1-2H3,(H,24,30)(H,27,29). The quantitative estimate of drug-likeness (QED) is 0.699. The van der Waals surface area contributed by atoms with Crippen LogP contribution in [-0.2, 0) is 6.42 Å². The lowest BCUT2D eigenvalue weighted by Gasteiger charge is -2.30. The number of anilines is 1. The zero-order chi connectivity index (χ0) is 21.1. The van der Waals surface area contributed by atoms with E-state index in [4.69, 9.17) is 0 Å². The second-order valence-electron chi connectivity index (χ2n) is 7.45. The van der Waals surface area contributed by atoms with Crippen LogP contribution in [0.3, 0.4) is 0 Å². The van der Waals surface area contributed by atoms with Gasteiger partial charge in [-0.15, -0.1) is 0 Å². The third kappa shape index (κ3) is 4.10. The van der Waals surface area contributed by atoms with Crippen molar-refractivity contribution in [3.05, 3.63) is 69.4 Å². The first-order valence-corrected chi connectivity index (χ1v) is 10.2. The number of pyridine rings is 3. The molecule has 3 aromatic heterocycles. The molecule has 4 rings (SSSR count). The van der Waals surface area contributed by atoms with E-state index in [1.807, 2.05) is 31.3 Å². The van der Waals surface area contributed by atoms with E-state index in [0.29, 0.717) is 12.1 Å². The lowest BCUT2D eigenvalue weighted by Crippen LogP contribution is -2.30. The smallest absolute Gasteiger partial charge is 0.269 e. The van der Waals surface area contributed by atoms with Crippen LogP contribution in [0, 0.1) is 0 Å². The summed E-state index contributed by atoms with van der Waals surface area (Å²) < 4.78 is 0.